The highest BCUT2D eigenvalue weighted by molar-refractivity contribution is 7.87. The van der Waals surface area contributed by atoms with Gasteiger partial charge in [-0.3, -0.25) is 0 Å². The Bertz CT molecular complexity index is 589. The molecule has 0 N–H and O–H groups in total. The minimum absolute atomic E-state index is 0.00419. The molecule has 2 rings (SSSR count). The van der Waals surface area contributed by atoms with Crippen molar-refractivity contribution in [3.63, 3.8) is 0 Å². The van der Waals surface area contributed by atoms with Crippen LogP contribution in [0.4, 0.5) is 13.2 Å². The highest BCUT2D eigenvalue weighted by Gasteiger charge is 2.52. The second kappa shape index (κ2) is 5.65. The van der Waals surface area contributed by atoms with Gasteiger partial charge in [0.1, 0.15) is 5.76 Å². The topological polar surface area (TPSA) is 52.6 Å². The summed E-state index contributed by atoms with van der Waals surface area (Å²) in [6.07, 6.45) is 3.70. The fourth-order valence-electron chi connectivity index (χ4n) is 3.44. The molecule has 3 atom stereocenters. The molecular weight excluding hydrogens is 333 g/mol. The van der Waals surface area contributed by atoms with Gasteiger partial charge < -0.3 is 8.92 Å². The quantitative estimate of drug-likeness (QED) is 0.564. The fraction of sp³-hybridized carbons (Fsp3) is 0.867. The molecule has 0 saturated heterocycles. The maximum atomic E-state index is 12.4. The van der Waals surface area contributed by atoms with Gasteiger partial charge in [0.25, 0.3) is 0 Å². The Labute approximate surface area is 135 Å². The third-order valence-corrected chi connectivity index (χ3v) is 5.66. The van der Waals surface area contributed by atoms with E-state index in [1.807, 2.05) is 27.7 Å². The molecule has 0 aromatic heterocycles. The molecule has 0 aromatic carbocycles. The van der Waals surface area contributed by atoms with Gasteiger partial charge in [-0.1, -0.05) is 6.92 Å². The average molecular weight is 356 g/mol. The fourth-order valence-corrected chi connectivity index (χ4v) is 3.96. The third kappa shape index (κ3) is 3.84. The van der Waals surface area contributed by atoms with E-state index in [9.17, 15) is 21.6 Å². The third-order valence-electron chi connectivity index (χ3n) is 4.66. The van der Waals surface area contributed by atoms with Gasteiger partial charge in [-0.15, -0.1) is 0 Å². The van der Waals surface area contributed by atoms with Crippen LogP contribution in [0.2, 0.25) is 0 Å². The normalized spacial score (nSPS) is 32.4. The molecular formula is C15H23F3O4S. The first kappa shape index (κ1) is 18.6. The van der Waals surface area contributed by atoms with Crippen molar-refractivity contribution in [3.8, 4) is 0 Å². The summed E-state index contributed by atoms with van der Waals surface area (Å²) < 4.78 is 69.9. The Kier molecular flexibility index (Phi) is 4.56. The first-order valence-electron chi connectivity index (χ1n) is 7.62. The predicted molar refractivity (Wildman–Crippen MR) is 78.8 cm³/mol. The Morgan fingerprint density at radius 3 is 2.35 bits per heavy atom. The number of hydrogen-bond acceptors (Lipinski definition) is 4. The lowest BCUT2D eigenvalue weighted by molar-refractivity contribution is -0.110. The Morgan fingerprint density at radius 1 is 1.22 bits per heavy atom. The molecule has 0 radical (unpaired) electrons. The Hall–Kier alpha value is -0.760. The molecule has 23 heavy (non-hydrogen) atoms. The summed E-state index contributed by atoms with van der Waals surface area (Å²) in [4.78, 5) is 0. The van der Waals surface area contributed by atoms with E-state index in [1.165, 1.54) is 6.08 Å². The zero-order chi connectivity index (χ0) is 17.7. The summed E-state index contributed by atoms with van der Waals surface area (Å²) in [5, 5.41) is 0. The molecule has 0 bridgehead atoms. The van der Waals surface area contributed by atoms with E-state index >= 15 is 0 Å². The lowest BCUT2D eigenvalue weighted by Crippen LogP contribution is -2.40. The first-order chi connectivity index (χ1) is 10.2. The SMILES string of the molecule is CC(C)(C)O[C@H]1CC[C@H]2CC(OS(=O)(=O)C(F)(F)F)=CC[C@@]21C. The summed E-state index contributed by atoms with van der Waals surface area (Å²) in [6, 6.07) is 0. The van der Waals surface area contributed by atoms with Gasteiger partial charge >= 0.3 is 15.6 Å². The van der Waals surface area contributed by atoms with Crippen LogP contribution >= 0.6 is 0 Å². The van der Waals surface area contributed by atoms with Crippen molar-refractivity contribution in [3.05, 3.63) is 11.8 Å². The van der Waals surface area contributed by atoms with Crippen LogP contribution in [0, 0.1) is 11.3 Å². The largest absolute Gasteiger partial charge is 0.534 e. The van der Waals surface area contributed by atoms with E-state index < -0.39 is 15.6 Å². The lowest BCUT2D eigenvalue weighted by atomic mass is 9.70. The van der Waals surface area contributed by atoms with Gasteiger partial charge in [-0.2, -0.15) is 21.6 Å². The summed E-state index contributed by atoms with van der Waals surface area (Å²) in [7, 11) is -5.59. The first-order valence-corrected chi connectivity index (χ1v) is 9.03. The molecule has 2 aliphatic rings. The number of fused-ring (bicyclic) bond motifs is 1. The number of ether oxygens (including phenoxy) is 1. The van der Waals surface area contributed by atoms with Crippen LogP contribution in [0.5, 0.6) is 0 Å². The summed E-state index contributed by atoms with van der Waals surface area (Å²) >= 11 is 0. The molecule has 134 valence electrons. The highest BCUT2D eigenvalue weighted by Crippen LogP contribution is 2.54. The second-order valence-electron chi connectivity index (χ2n) is 7.56. The van der Waals surface area contributed by atoms with E-state index in [0.29, 0.717) is 6.42 Å². The van der Waals surface area contributed by atoms with E-state index in [0.717, 1.165) is 12.8 Å². The molecule has 0 unspecified atom stereocenters. The van der Waals surface area contributed by atoms with Crippen LogP contribution < -0.4 is 0 Å². The number of alkyl halides is 3. The lowest BCUT2D eigenvalue weighted by Gasteiger charge is -2.41. The molecule has 0 spiro atoms. The van der Waals surface area contributed by atoms with Gasteiger partial charge in [-0.25, -0.2) is 0 Å². The standard InChI is InChI=1S/C15H23F3O4S/c1-13(2,3)21-12-6-5-10-9-11(7-8-14(10,12)4)22-23(19,20)15(16,17)18/h7,10,12H,5-6,8-9H2,1-4H3/t10-,12-,14-/m0/s1. The minimum atomic E-state index is -5.59. The van der Waals surface area contributed by atoms with Gasteiger partial charge in [0.15, 0.2) is 0 Å². The van der Waals surface area contributed by atoms with Crippen LogP contribution in [0.15, 0.2) is 11.8 Å². The van der Waals surface area contributed by atoms with Gasteiger partial charge in [-0.05, 0) is 52.0 Å². The molecule has 1 saturated carbocycles. The summed E-state index contributed by atoms with van der Waals surface area (Å²) in [5.74, 6) is -0.0560. The molecule has 1 fully saturated rings. The Morgan fingerprint density at radius 2 is 1.83 bits per heavy atom. The monoisotopic (exact) mass is 356 g/mol. The van der Waals surface area contributed by atoms with Crippen molar-refractivity contribution < 1.29 is 30.5 Å². The van der Waals surface area contributed by atoms with Crippen molar-refractivity contribution >= 4 is 10.1 Å². The molecule has 0 aliphatic heterocycles. The zero-order valence-corrected chi connectivity index (χ0v) is 14.6. The molecule has 8 heteroatoms. The number of allylic oxidation sites excluding steroid dienone is 2. The van der Waals surface area contributed by atoms with Gasteiger partial charge in [0.05, 0.1) is 11.7 Å². The smallest absolute Gasteiger partial charge is 0.381 e. The van der Waals surface area contributed by atoms with Gasteiger partial charge in [0, 0.05) is 11.8 Å². The minimum Gasteiger partial charge on any atom is -0.381 e. The average Bonchev–Trinajstić information content (AvgIpc) is 2.63. The molecule has 4 nitrogen and oxygen atoms in total. The molecule has 2 aliphatic carbocycles. The molecule has 0 aromatic rings. The van der Waals surface area contributed by atoms with Crippen LogP contribution in [-0.2, 0) is 19.0 Å². The van der Waals surface area contributed by atoms with Crippen LogP contribution in [0.25, 0.3) is 0 Å². The van der Waals surface area contributed by atoms with Crippen LogP contribution in [-0.4, -0.2) is 25.6 Å². The summed E-state index contributed by atoms with van der Waals surface area (Å²) in [5.41, 5.74) is -5.91. The molecule has 0 heterocycles. The van der Waals surface area contributed by atoms with Gasteiger partial charge in [0.2, 0.25) is 0 Å². The van der Waals surface area contributed by atoms with Crippen molar-refractivity contribution in [2.45, 2.75) is 70.6 Å². The predicted octanol–water partition coefficient (Wildman–Crippen LogP) is 4.13. The van der Waals surface area contributed by atoms with Crippen molar-refractivity contribution in [2.24, 2.45) is 11.3 Å². The van der Waals surface area contributed by atoms with Crippen molar-refractivity contribution in [1.82, 2.24) is 0 Å². The highest BCUT2D eigenvalue weighted by atomic mass is 32.2. The number of halogens is 3. The van der Waals surface area contributed by atoms with E-state index in [1.54, 1.807) is 0 Å². The second-order valence-corrected chi connectivity index (χ2v) is 9.10. The zero-order valence-electron chi connectivity index (χ0n) is 13.7. The van der Waals surface area contributed by atoms with Crippen LogP contribution in [0.3, 0.4) is 0 Å². The van der Waals surface area contributed by atoms with E-state index in [-0.39, 0.29) is 35.2 Å². The number of hydrogen-bond donors (Lipinski definition) is 0. The van der Waals surface area contributed by atoms with Crippen LogP contribution in [0.1, 0.15) is 53.4 Å². The Balaban J connectivity index is 2.13. The number of rotatable bonds is 3. The summed E-state index contributed by atoms with van der Waals surface area (Å²) in [6.45, 7) is 7.94. The van der Waals surface area contributed by atoms with E-state index in [2.05, 4.69) is 4.18 Å². The maximum absolute atomic E-state index is 12.4. The van der Waals surface area contributed by atoms with Crippen molar-refractivity contribution in [1.29, 1.82) is 0 Å². The van der Waals surface area contributed by atoms with Crippen molar-refractivity contribution in [2.75, 3.05) is 0 Å². The maximum Gasteiger partial charge on any atom is 0.534 e. The molecule has 0 amide bonds. The van der Waals surface area contributed by atoms with E-state index in [4.69, 9.17) is 4.74 Å².